The molecule has 3 unspecified atom stereocenters. The van der Waals surface area contributed by atoms with Crippen LogP contribution in [-0.2, 0) is 12.8 Å². The average molecular weight is 559 g/mol. The zero-order valence-corrected chi connectivity index (χ0v) is 24.4. The van der Waals surface area contributed by atoms with E-state index in [-0.39, 0.29) is 6.04 Å². The molecule has 6 N–H and O–H groups in total. The fraction of sp³-hybridized carbons (Fsp3) is 0.353. The third-order valence-corrected chi connectivity index (χ3v) is 9.32. The van der Waals surface area contributed by atoms with E-state index >= 15 is 0 Å². The Morgan fingerprint density at radius 3 is 2.02 bits per heavy atom. The third kappa shape index (κ3) is 5.16. The molecule has 3 aromatic carbocycles. The highest BCUT2D eigenvalue weighted by Crippen LogP contribution is 2.40. The number of hydrogen-bond acceptors (Lipinski definition) is 6. The van der Waals surface area contributed by atoms with Crippen molar-refractivity contribution in [3.8, 4) is 22.4 Å². The molecule has 8 heteroatoms. The van der Waals surface area contributed by atoms with E-state index in [0.29, 0.717) is 23.8 Å². The molecule has 1 saturated carbocycles. The number of nitrogens with zero attached hydrogens (tertiary/aromatic N) is 4. The lowest BCUT2D eigenvalue weighted by Gasteiger charge is -2.13. The van der Waals surface area contributed by atoms with Crippen molar-refractivity contribution in [3.63, 3.8) is 0 Å². The maximum atomic E-state index is 6.11. The van der Waals surface area contributed by atoms with Gasteiger partial charge in [-0.25, -0.2) is 15.0 Å². The van der Waals surface area contributed by atoms with Gasteiger partial charge in [0.15, 0.2) is 0 Å². The van der Waals surface area contributed by atoms with Gasteiger partial charge in [-0.1, -0.05) is 32.0 Å². The molecule has 6 aromatic rings. The summed E-state index contributed by atoms with van der Waals surface area (Å²) in [5, 5.41) is 0. The fourth-order valence-corrected chi connectivity index (χ4v) is 6.00. The number of aromatic nitrogens is 6. The second kappa shape index (κ2) is 10.6. The van der Waals surface area contributed by atoms with Gasteiger partial charge >= 0.3 is 0 Å². The Hall–Kier alpha value is -4.14. The van der Waals surface area contributed by atoms with E-state index < -0.39 is 0 Å². The molecule has 1 fully saturated rings. The third-order valence-electron chi connectivity index (χ3n) is 9.32. The lowest BCUT2D eigenvalue weighted by molar-refractivity contribution is 0.447. The zero-order chi connectivity index (χ0) is 29.0. The van der Waals surface area contributed by atoms with Crippen LogP contribution in [0.4, 0.5) is 0 Å². The minimum atomic E-state index is 0.187. The quantitative estimate of drug-likeness (QED) is 0.168. The maximum absolute atomic E-state index is 6.11. The summed E-state index contributed by atoms with van der Waals surface area (Å²) in [4.78, 5) is 26.3. The number of nitrogens with one attached hydrogen (secondary N) is 2. The standard InChI is InChI=1S/C34H38N8/c1-18(20(3)35)4-12-32-39-26-10-6-22(15-29(26)41-32)21-5-9-25-28(14-21)37-17-31(38-25)23-7-11-27-30(16-23)42-33(40-27)13-8-24-19(2)34(24)36/h5-7,9-11,14-20,24,34H,4,8,12-13,35-36H2,1-3H3,(H,39,41)(H,40,42)/t18-,19-,20?,24?,34?/m1/s1. The van der Waals surface area contributed by atoms with Crippen LogP contribution < -0.4 is 11.5 Å². The van der Waals surface area contributed by atoms with Crippen LogP contribution in [0.25, 0.3) is 55.5 Å². The summed E-state index contributed by atoms with van der Waals surface area (Å²) in [7, 11) is 0. The Bertz CT molecular complexity index is 1760. The Morgan fingerprint density at radius 2 is 1.36 bits per heavy atom. The van der Waals surface area contributed by atoms with E-state index in [1.54, 1.807) is 0 Å². The summed E-state index contributed by atoms with van der Waals surface area (Å²) in [6.45, 7) is 6.49. The van der Waals surface area contributed by atoms with Gasteiger partial charge in [-0.3, -0.25) is 4.98 Å². The lowest BCUT2D eigenvalue weighted by Crippen LogP contribution is -2.24. The van der Waals surface area contributed by atoms with Gasteiger partial charge in [-0.05, 0) is 85.0 Å². The normalized spacial score (nSPS) is 20.0. The number of aryl methyl sites for hydroxylation is 2. The van der Waals surface area contributed by atoms with Crippen LogP contribution >= 0.6 is 0 Å². The lowest BCUT2D eigenvalue weighted by atomic mass is 9.99. The first-order chi connectivity index (χ1) is 20.3. The molecule has 5 atom stereocenters. The fourth-order valence-electron chi connectivity index (χ4n) is 6.00. The highest BCUT2D eigenvalue weighted by Gasteiger charge is 2.42. The van der Waals surface area contributed by atoms with Gasteiger partial charge in [0.1, 0.15) is 11.6 Å². The van der Waals surface area contributed by atoms with Crippen molar-refractivity contribution in [3.05, 3.63) is 72.4 Å². The van der Waals surface area contributed by atoms with Gasteiger partial charge in [0.25, 0.3) is 0 Å². The monoisotopic (exact) mass is 558 g/mol. The molecule has 8 nitrogen and oxygen atoms in total. The average Bonchev–Trinajstić information content (AvgIpc) is 3.33. The molecule has 42 heavy (non-hydrogen) atoms. The molecular formula is C34H38N8. The van der Waals surface area contributed by atoms with Gasteiger partial charge in [0.2, 0.25) is 0 Å². The second-order valence-corrected chi connectivity index (χ2v) is 12.3. The van der Waals surface area contributed by atoms with Crippen molar-refractivity contribution >= 4 is 33.1 Å². The van der Waals surface area contributed by atoms with Crippen molar-refractivity contribution in [1.82, 2.24) is 29.9 Å². The molecule has 3 heterocycles. The van der Waals surface area contributed by atoms with Crippen LogP contribution in [0, 0.1) is 17.8 Å². The summed E-state index contributed by atoms with van der Waals surface area (Å²) in [6.07, 6.45) is 5.77. The molecule has 0 bridgehead atoms. The predicted octanol–water partition coefficient (Wildman–Crippen LogP) is 6.16. The summed E-state index contributed by atoms with van der Waals surface area (Å²) in [6, 6.07) is 19.4. The minimum absolute atomic E-state index is 0.187. The number of aromatic amines is 2. The van der Waals surface area contributed by atoms with Gasteiger partial charge < -0.3 is 21.4 Å². The van der Waals surface area contributed by atoms with Gasteiger partial charge in [0, 0.05) is 30.5 Å². The van der Waals surface area contributed by atoms with E-state index in [9.17, 15) is 0 Å². The Labute approximate surface area is 245 Å². The van der Waals surface area contributed by atoms with Crippen LogP contribution in [0.1, 0.15) is 45.3 Å². The van der Waals surface area contributed by atoms with Crippen molar-refractivity contribution in [1.29, 1.82) is 0 Å². The number of nitrogens with two attached hydrogens (primary N) is 2. The SMILES string of the molecule is CC(N)[C@H](C)CCc1nc2ccc(-c3ccc4nc(-c5ccc6nc(CCC7C(N)[C@@H]7C)[nH]c6c5)cnc4c3)cc2[nH]1. The highest BCUT2D eigenvalue weighted by atomic mass is 14.9. The Kier molecular flexibility index (Phi) is 6.75. The van der Waals surface area contributed by atoms with Crippen LogP contribution in [0.3, 0.4) is 0 Å². The van der Waals surface area contributed by atoms with Crippen molar-refractivity contribution in [2.75, 3.05) is 0 Å². The predicted molar refractivity (Wildman–Crippen MR) is 170 cm³/mol. The molecule has 3 aromatic heterocycles. The molecule has 0 spiro atoms. The second-order valence-electron chi connectivity index (χ2n) is 12.3. The van der Waals surface area contributed by atoms with E-state index in [2.05, 4.69) is 85.3 Å². The van der Waals surface area contributed by atoms with Crippen LogP contribution in [0.5, 0.6) is 0 Å². The van der Waals surface area contributed by atoms with Crippen LogP contribution in [0.2, 0.25) is 0 Å². The first-order valence-corrected chi connectivity index (χ1v) is 15.1. The van der Waals surface area contributed by atoms with Gasteiger partial charge in [0.05, 0.1) is 45.0 Å². The Balaban J connectivity index is 1.09. The number of benzene rings is 3. The summed E-state index contributed by atoms with van der Waals surface area (Å²) in [5.41, 5.74) is 22.0. The number of imidazole rings is 2. The highest BCUT2D eigenvalue weighted by molar-refractivity contribution is 5.87. The van der Waals surface area contributed by atoms with Gasteiger partial charge in [-0.2, -0.15) is 0 Å². The van der Waals surface area contributed by atoms with Gasteiger partial charge in [-0.15, -0.1) is 0 Å². The first-order valence-electron chi connectivity index (χ1n) is 15.1. The number of H-pyrrole nitrogens is 2. The molecule has 7 rings (SSSR count). The van der Waals surface area contributed by atoms with Crippen LogP contribution in [-0.4, -0.2) is 42.0 Å². The molecule has 1 aliphatic rings. The van der Waals surface area contributed by atoms with E-state index in [4.69, 9.17) is 31.4 Å². The molecule has 0 aliphatic heterocycles. The molecular weight excluding hydrogens is 520 g/mol. The van der Waals surface area contributed by atoms with Crippen molar-refractivity contribution in [2.45, 2.75) is 58.5 Å². The topological polar surface area (TPSA) is 135 Å². The molecule has 0 radical (unpaired) electrons. The Morgan fingerprint density at radius 1 is 0.762 bits per heavy atom. The molecule has 1 aliphatic carbocycles. The zero-order valence-electron chi connectivity index (χ0n) is 24.4. The molecule has 0 amide bonds. The number of hydrogen-bond donors (Lipinski definition) is 4. The maximum Gasteiger partial charge on any atom is 0.107 e. The van der Waals surface area contributed by atoms with Crippen molar-refractivity contribution < 1.29 is 0 Å². The smallest absolute Gasteiger partial charge is 0.107 e. The largest absolute Gasteiger partial charge is 0.342 e. The summed E-state index contributed by atoms with van der Waals surface area (Å²) >= 11 is 0. The van der Waals surface area contributed by atoms with Crippen LogP contribution in [0.15, 0.2) is 60.8 Å². The summed E-state index contributed by atoms with van der Waals surface area (Å²) in [5.74, 6) is 3.73. The first kappa shape index (κ1) is 26.7. The van der Waals surface area contributed by atoms with E-state index in [1.807, 2.05) is 6.20 Å². The number of fused-ring (bicyclic) bond motifs is 3. The van der Waals surface area contributed by atoms with Crippen molar-refractivity contribution in [2.24, 2.45) is 29.2 Å². The minimum Gasteiger partial charge on any atom is -0.342 e. The summed E-state index contributed by atoms with van der Waals surface area (Å²) < 4.78 is 0. The van der Waals surface area contributed by atoms with E-state index in [1.165, 1.54) is 0 Å². The number of rotatable bonds is 9. The molecule has 214 valence electrons. The molecule has 0 saturated heterocycles. The van der Waals surface area contributed by atoms with E-state index in [0.717, 1.165) is 92.8 Å².